The molecule has 1 amide bonds. The lowest BCUT2D eigenvalue weighted by Gasteiger charge is -2.26. The van der Waals surface area contributed by atoms with Crippen molar-refractivity contribution in [3.8, 4) is 0 Å². The van der Waals surface area contributed by atoms with Gasteiger partial charge in [-0.2, -0.15) is 5.01 Å². The van der Waals surface area contributed by atoms with Crippen LogP contribution in [-0.2, 0) is 10.3 Å². The van der Waals surface area contributed by atoms with E-state index in [-0.39, 0.29) is 6.54 Å². The van der Waals surface area contributed by atoms with Crippen LogP contribution >= 0.6 is 0 Å². The quantitative estimate of drug-likeness (QED) is 0.752. The maximum atomic E-state index is 11.5. The third kappa shape index (κ3) is 1.50. The van der Waals surface area contributed by atoms with E-state index in [9.17, 15) is 9.70 Å². The van der Waals surface area contributed by atoms with E-state index in [1.807, 2.05) is 30.3 Å². The summed E-state index contributed by atoms with van der Waals surface area (Å²) >= 11 is 0. The zero-order chi connectivity index (χ0) is 11.9. The Kier molecular flexibility index (Phi) is 2.14. The average molecular weight is 232 g/mol. The first-order valence-electron chi connectivity index (χ1n) is 5.65. The van der Waals surface area contributed by atoms with Crippen LogP contribution in [0.5, 0.6) is 0 Å². The molecule has 5 heteroatoms. The summed E-state index contributed by atoms with van der Waals surface area (Å²) in [6, 6.07) is 9.59. The van der Waals surface area contributed by atoms with Crippen LogP contribution in [0.3, 0.4) is 0 Å². The minimum Gasteiger partial charge on any atom is -0.434 e. The van der Waals surface area contributed by atoms with Crippen molar-refractivity contribution in [1.82, 2.24) is 5.01 Å². The van der Waals surface area contributed by atoms with Crippen LogP contribution in [0.25, 0.3) is 0 Å². The predicted molar refractivity (Wildman–Crippen MR) is 59.8 cm³/mol. The van der Waals surface area contributed by atoms with E-state index in [1.54, 1.807) is 0 Å². The Morgan fingerprint density at radius 2 is 2.00 bits per heavy atom. The fraction of sp³-hybridized carbons (Fsp3) is 0.417. The van der Waals surface area contributed by atoms with Crippen molar-refractivity contribution in [3.05, 3.63) is 40.8 Å². The summed E-state index contributed by atoms with van der Waals surface area (Å²) in [7, 11) is 0. The number of rotatable bonds is 3. The Balaban J connectivity index is 2.01. The molecule has 0 aromatic heterocycles. The molecular weight excluding hydrogens is 220 g/mol. The molecule has 1 aliphatic heterocycles. The summed E-state index contributed by atoms with van der Waals surface area (Å²) in [5.74, 6) is 0.306. The molecule has 1 saturated carbocycles. The zero-order valence-corrected chi connectivity index (χ0v) is 9.20. The molecule has 1 aliphatic carbocycles. The second kappa shape index (κ2) is 3.55. The Bertz CT molecular complexity index is 458. The normalized spacial score (nSPS) is 28.0. The van der Waals surface area contributed by atoms with E-state index in [2.05, 4.69) is 5.29 Å². The molecule has 1 atom stereocenters. The minimum absolute atomic E-state index is 0.226. The number of hydrogen-bond acceptors (Lipinski definition) is 4. The summed E-state index contributed by atoms with van der Waals surface area (Å²) in [6.45, 7) is 0.226. The molecule has 17 heavy (non-hydrogen) atoms. The number of ether oxygens (including phenoxy) is 1. The highest BCUT2D eigenvalue weighted by molar-refractivity contribution is 5.71. The SMILES string of the molecule is O=NN1CC(c2ccccc2)(C2CC2)OC1=O. The third-order valence-electron chi connectivity index (χ3n) is 3.46. The van der Waals surface area contributed by atoms with Crippen molar-refractivity contribution in [2.75, 3.05) is 6.54 Å². The maximum absolute atomic E-state index is 11.5. The first-order chi connectivity index (χ1) is 8.26. The minimum atomic E-state index is -0.674. The van der Waals surface area contributed by atoms with Gasteiger partial charge in [0.2, 0.25) is 0 Å². The highest BCUT2D eigenvalue weighted by Gasteiger charge is 2.56. The fourth-order valence-electron chi connectivity index (χ4n) is 2.46. The number of benzene rings is 1. The molecule has 0 radical (unpaired) electrons. The van der Waals surface area contributed by atoms with Gasteiger partial charge in [-0.1, -0.05) is 30.3 Å². The van der Waals surface area contributed by atoms with Crippen molar-refractivity contribution in [2.45, 2.75) is 18.4 Å². The lowest BCUT2D eigenvalue weighted by Crippen LogP contribution is -2.33. The number of carbonyl (C=O) groups is 1. The van der Waals surface area contributed by atoms with Gasteiger partial charge in [0.05, 0.1) is 11.8 Å². The second-order valence-corrected chi connectivity index (χ2v) is 4.54. The number of nitrogens with zero attached hydrogens (tertiary/aromatic N) is 2. The summed E-state index contributed by atoms with van der Waals surface area (Å²) < 4.78 is 5.46. The van der Waals surface area contributed by atoms with E-state index in [0.717, 1.165) is 23.4 Å². The highest BCUT2D eigenvalue weighted by atomic mass is 16.6. The molecule has 88 valence electrons. The van der Waals surface area contributed by atoms with Gasteiger partial charge in [-0.15, -0.1) is 4.91 Å². The number of carbonyl (C=O) groups excluding carboxylic acids is 1. The van der Waals surface area contributed by atoms with Gasteiger partial charge in [-0.3, -0.25) is 0 Å². The van der Waals surface area contributed by atoms with E-state index in [4.69, 9.17) is 4.74 Å². The molecule has 0 spiro atoms. The molecule has 5 nitrogen and oxygen atoms in total. The van der Waals surface area contributed by atoms with Gasteiger partial charge in [-0.05, 0) is 18.4 Å². The maximum Gasteiger partial charge on any atom is 0.434 e. The summed E-state index contributed by atoms with van der Waals surface area (Å²) in [6.07, 6.45) is 1.40. The molecule has 2 aliphatic rings. The zero-order valence-electron chi connectivity index (χ0n) is 9.20. The van der Waals surface area contributed by atoms with Crippen LogP contribution in [0.4, 0.5) is 4.79 Å². The Morgan fingerprint density at radius 1 is 1.29 bits per heavy atom. The molecule has 3 rings (SSSR count). The first-order valence-corrected chi connectivity index (χ1v) is 5.65. The van der Waals surface area contributed by atoms with Crippen molar-refractivity contribution >= 4 is 6.09 Å². The van der Waals surface area contributed by atoms with Crippen molar-refractivity contribution in [3.63, 3.8) is 0 Å². The van der Waals surface area contributed by atoms with Crippen LogP contribution in [0, 0.1) is 10.8 Å². The number of amides is 1. The Morgan fingerprint density at radius 3 is 2.53 bits per heavy atom. The molecule has 1 heterocycles. The predicted octanol–water partition coefficient (Wildman–Crippen LogP) is 2.43. The molecule has 1 aromatic rings. The van der Waals surface area contributed by atoms with E-state index < -0.39 is 11.7 Å². The Hall–Kier alpha value is -1.91. The van der Waals surface area contributed by atoms with Gasteiger partial charge in [0.1, 0.15) is 0 Å². The van der Waals surface area contributed by atoms with Crippen molar-refractivity contribution < 1.29 is 9.53 Å². The first kappa shape index (κ1) is 10.3. The van der Waals surface area contributed by atoms with E-state index >= 15 is 0 Å². The topological polar surface area (TPSA) is 59.0 Å². The molecule has 1 saturated heterocycles. The summed E-state index contributed by atoms with van der Waals surface area (Å²) in [5, 5.41) is 3.57. The Labute approximate surface area is 98.3 Å². The smallest absolute Gasteiger partial charge is 0.434 e. The summed E-state index contributed by atoms with van der Waals surface area (Å²) in [4.78, 5) is 22.1. The monoisotopic (exact) mass is 232 g/mol. The van der Waals surface area contributed by atoms with Gasteiger partial charge in [0.15, 0.2) is 5.60 Å². The van der Waals surface area contributed by atoms with Gasteiger partial charge in [0, 0.05) is 5.92 Å². The molecular formula is C12H12N2O3. The standard InChI is InChI=1S/C12H12N2O3/c15-11-14(13-16)8-12(17-11,10-6-7-10)9-4-2-1-3-5-9/h1-5,10H,6-8H2. The van der Waals surface area contributed by atoms with E-state index in [0.29, 0.717) is 5.92 Å². The van der Waals surface area contributed by atoms with Gasteiger partial charge >= 0.3 is 6.09 Å². The van der Waals surface area contributed by atoms with Crippen LogP contribution in [-0.4, -0.2) is 17.6 Å². The molecule has 2 fully saturated rings. The van der Waals surface area contributed by atoms with Gasteiger partial charge in [-0.25, -0.2) is 4.79 Å². The molecule has 0 bridgehead atoms. The molecule has 1 unspecified atom stereocenters. The van der Waals surface area contributed by atoms with Crippen LogP contribution < -0.4 is 0 Å². The number of nitroso groups, excluding NO2 is 1. The lowest BCUT2D eigenvalue weighted by molar-refractivity contribution is 0.0350. The van der Waals surface area contributed by atoms with Crippen LogP contribution in [0.2, 0.25) is 0 Å². The highest BCUT2D eigenvalue weighted by Crippen LogP contribution is 2.51. The third-order valence-corrected chi connectivity index (χ3v) is 3.46. The van der Waals surface area contributed by atoms with Crippen molar-refractivity contribution in [1.29, 1.82) is 0 Å². The largest absolute Gasteiger partial charge is 0.434 e. The van der Waals surface area contributed by atoms with Crippen LogP contribution in [0.1, 0.15) is 18.4 Å². The second-order valence-electron chi connectivity index (χ2n) is 4.54. The van der Waals surface area contributed by atoms with Crippen molar-refractivity contribution in [2.24, 2.45) is 11.2 Å². The number of cyclic esters (lactones) is 1. The van der Waals surface area contributed by atoms with E-state index in [1.165, 1.54) is 0 Å². The number of hydrogen-bond donors (Lipinski definition) is 0. The average Bonchev–Trinajstić information content (AvgIpc) is 3.16. The van der Waals surface area contributed by atoms with Crippen LogP contribution in [0.15, 0.2) is 35.6 Å². The molecule has 1 aromatic carbocycles. The fourth-order valence-corrected chi connectivity index (χ4v) is 2.46. The van der Waals surface area contributed by atoms with Gasteiger partial charge < -0.3 is 4.74 Å². The molecule has 0 N–H and O–H groups in total. The summed E-state index contributed by atoms with van der Waals surface area (Å²) in [5.41, 5.74) is 0.272. The van der Waals surface area contributed by atoms with Gasteiger partial charge in [0.25, 0.3) is 0 Å². The lowest BCUT2D eigenvalue weighted by atomic mass is 9.89.